The number of rotatable bonds is 5. The van der Waals surface area contributed by atoms with Crippen molar-refractivity contribution in [2.75, 3.05) is 12.4 Å². The second-order valence-electron chi connectivity index (χ2n) is 7.91. The second kappa shape index (κ2) is 8.67. The summed E-state index contributed by atoms with van der Waals surface area (Å²) in [6.45, 7) is 0. The normalized spacial score (nSPS) is 17.4. The number of aromatic nitrogens is 2. The number of methoxy groups -OCH3 is 1. The molecule has 1 aliphatic heterocycles. The standard InChI is InChI=1S/C25H23N3O3S/c1-31-17-10-5-9-16(13-17)20-21-18(11-6-12-19(21)29)26-23-22(20)24(30)28-25(27-23)32-14-15-7-3-2-4-8-15/h2-5,7-10,13,20H,6,11-12,14H2,1H3,(H2,26,27,28,30)/t20-/m1/s1. The van der Waals surface area contributed by atoms with Crippen molar-refractivity contribution in [3.8, 4) is 5.75 Å². The first-order valence-electron chi connectivity index (χ1n) is 10.6. The Balaban J connectivity index is 1.58. The summed E-state index contributed by atoms with van der Waals surface area (Å²) in [4.78, 5) is 33.9. The number of Topliss-reactive ketones (excluding diaryl/α,β-unsaturated/α-hetero) is 1. The highest BCUT2D eigenvalue weighted by Gasteiger charge is 2.38. The molecule has 1 atom stereocenters. The van der Waals surface area contributed by atoms with Crippen LogP contribution in [-0.4, -0.2) is 22.9 Å². The van der Waals surface area contributed by atoms with Crippen molar-refractivity contribution in [3.63, 3.8) is 0 Å². The van der Waals surface area contributed by atoms with E-state index in [-0.39, 0.29) is 11.3 Å². The predicted octanol–water partition coefficient (Wildman–Crippen LogP) is 4.64. The monoisotopic (exact) mass is 445 g/mol. The van der Waals surface area contributed by atoms with Gasteiger partial charge in [-0.25, -0.2) is 4.98 Å². The highest BCUT2D eigenvalue weighted by atomic mass is 32.2. The summed E-state index contributed by atoms with van der Waals surface area (Å²) in [7, 11) is 1.61. The van der Waals surface area contributed by atoms with Crippen molar-refractivity contribution in [1.82, 2.24) is 9.97 Å². The van der Waals surface area contributed by atoms with Crippen molar-refractivity contribution in [2.45, 2.75) is 36.1 Å². The first-order chi connectivity index (χ1) is 15.6. The van der Waals surface area contributed by atoms with Crippen LogP contribution in [0.15, 0.2) is 75.8 Å². The summed E-state index contributed by atoms with van der Waals surface area (Å²) in [5, 5.41) is 3.88. The number of aromatic amines is 1. The fraction of sp³-hybridized carbons (Fsp3) is 0.240. The van der Waals surface area contributed by atoms with Crippen molar-refractivity contribution in [1.29, 1.82) is 0 Å². The van der Waals surface area contributed by atoms with Crippen LogP contribution in [0, 0.1) is 0 Å². The number of ether oxygens (including phenoxy) is 1. The predicted molar refractivity (Wildman–Crippen MR) is 125 cm³/mol. The van der Waals surface area contributed by atoms with E-state index in [1.54, 1.807) is 7.11 Å². The molecule has 2 aliphatic rings. The molecule has 0 radical (unpaired) electrons. The summed E-state index contributed by atoms with van der Waals surface area (Å²) in [6, 6.07) is 17.6. The van der Waals surface area contributed by atoms with E-state index in [2.05, 4.69) is 10.3 Å². The zero-order chi connectivity index (χ0) is 22.1. The van der Waals surface area contributed by atoms with Gasteiger partial charge >= 0.3 is 0 Å². The molecular weight excluding hydrogens is 422 g/mol. The van der Waals surface area contributed by atoms with Gasteiger partial charge in [0.2, 0.25) is 0 Å². The van der Waals surface area contributed by atoms with E-state index >= 15 is 0 Å². The first-order valence-corrected chi connectivity index (χ1v) is 11.6. The van der Waals surface area contributed by atoms with Crippen LogP contribution < -0.4 is 15.6 Å². The number of ketones is 1. The Morgan fingerprint density at radius 2 is 1.94 bits per heavy atom. The van der Waals surface area contributed by atoms with E-state index in [1.807, 2.05) is 54.6 Å². The van der Waals surface area contributed by atoms with Gasteiger partial charge in [-0.1, -0.05) is 54.2 Å². The molecule has 3 aromatic rings. The van der Waals surface area contributed by atoms with Crippen LogP contribution in [0.5, 0.6) is 5.75 Å². The van der Waals surface area contributed by atoms with Gasteiger partial charge in [0, 0.05) is 29.4 Å². The van der Waals surface area contributed by atoms with Gasteiger partial charge in [-0.15, -0.1) is 0 Å². The molecule has 5 rings (SSSR count). The van der Waals surface area contributed by atoms with Gasteiger partial charge in [-0.2, -0.15) is 0 Å². The molecule has 0 fully saturated rings. The number of hydrogen-bond acceptors (Lipinski definition) is 6. The zero-order valence-electron chi connectivity index (χ0n) is 17.7. The van der Waals surface area contributed by atoms with Gasteiger partial charge in [-0.05, 0) is 36.1 Å². The average Bonchev–Trinajstić information content (AvgIpc) is 2.82. The fourth-order valence-corrected chi connectivity index (χ4v) is 5.21. The van der Waals surface area contributed by atoms with Crippen LogP contribution in [0.4, 0.5) is 5.82 Å². The summed E-state index contributed by atoms with van der Waals surface area (Å²) in [6.07, 6.45) is 2.05. The Bertz CT molecular complexity index is 1270. The summed E-state index contributed by atoms with van der Waals surface area (Å²) in [5.41, 5.74) is 3.81. The lowest BCUT2D eigenvalue weighted by Crippen LogP contribution is -2.32. The Morgan fingerprint density at radius 3 is 2.75 bits per heavy atom. The average molecular weight is 446 g/mol. The summed E-state index contributed by atoms with van der Waals surface area (Å²) < 4.78 is 5.40. The minimum atomic E-state index is -0.464. The van der Waals surface area contributed by atoms with Crippen molar-refractivity contribution < 1.29 is 9.53 Å². The minimum absolute atomic E-state index is 0.0825. The Morgan fingerprint density at radius 1 is 1.09 bits per heavy atom. The molecule has 2 N–H and O–H groups in total. The topological polar surface area (TPSA) is 84.1 Å². The number of nitrogens with zero attached hydrogens (tertiary/aromatic N) is 1. The van der Waals surface area contributed by atoms with Gasteiger partial charge in [0.15, 0.2) is 10.9 Å². The molecule has 6 nitrogen and oxygen atoms in total. The fourth-order valence-electron chi connectivity index (χ4n) is 4.39. The second-order valence-corrected chi connectivity index (χ2v) is 8.88. The molecule has 1 aromatic heterocycles. The molecule has 162 valence electrons. The van der Waals surface area contributed by atoms with Gasteiger partial charge in [0.05, 0.1) is 12.7 Å². The third kappa shape index (κ3) is 3.84. The lowest BCUT2D eigenvalue weighted by molar-refractivity contribution is -0.116. The number of hydrogen-bond donors (Lipinski definition) is 2. The Kier molecular flexibility index (Phi) is 5.57. The van der Waals surface area contributed by atoms with Gasteiger partial charge in [0.25, 0.3) is 5.56 Å². The maximum Gasteiger partial charge on any atom is 0.257 e. The lowest BCUT2D eigenvalue weighted by Gasteiger charge is -2.32. The number of carbonyl (C=O) groups is 1. The number of allylic oxidation sites excluding steroid dienone is 2. The highest BCUT2D eigenvalue weighted by molar-refractivity contribution is 7.98. The number of thioether (sulfide) groups is 1. The van der Waals surface area contributed by atoms with Crippen molar-refractivity contribution in [2.24, 2.45) is 0 Å². The van der Waals surface area contributed by atoms with Crippen molar-refractivity contribution >= 4 is 23.4 Å². The largest absolute Gasteiger partial charge is 0.497 e. The Hall–Kier alpha value is -3.32. The smallest absolute Gasteiger partial charge is 0.257 e. The van der Waals surface area contributed by atoms with E-state index in [9.17, 15) is 9.59 Å². The van der Waals surface area contributed by atoms with Crippen molar-refractivity contribution in [3.05, 3.63) is 92.9 Å². The lowest BCUT2D eigenvalue weighted by atomic mass is 9.76. The maximum absolute atomic E-state index is 13.3. The van der Waals surface area contributed by atoms with Crippen LogP contribution in [0.25, 0.3) is 0 Å². The SMILES string of the molecule is COc1cccc([C@@H]2C3=C(CCCC3=O)Nc3nc(SCc4ccccc4)[nH]c(=O)c32)c1. The summed E-state index contributed by atoms with van der Waals surface area (Å²) >= 11 is 1.48. The van der Waals surface area contributed by atoms with E-state index in [0.717, 1.165) is 29.7 Å². The molecule has 0 amide bonds. The van der Waals surface area contributed by atoms with Crippen LogP contribution in [-0.2, 0) is 10.5 Å². The molecule has 0 saturated heterocycles. The molecule has 2 aromatic carbocycles. The van der Waals surface area contributed by atoms with Gasteiger partial charge in [-0.3, -0.25) is 9.59 Å². The zero-order valence-corrected chi connectivity index (χ0v) is 18.5. The number of H-pyrrole nitrogens is 1. The van der Waals surface area contributed by atoms with Crippen LogP contribution in [0.2, 0.25) is 0 Å². The third-order valence-corrected chi connectivity index (χ3v) is 6.83. The number of carbonyl (C=O) groups excluding carboxylic acids is 1. The molecule has 2 heterocycles. The van der Waals surface area contributed by atoms with Gasteiger partial charge in [0.1, 0.15) is 11.6 Å². The molecule has 32 heavy (non-hydrogen) atoms. The number of benzene rings is 2. The van der Waals surface area contributed by atoms with Crippen LogP contribution >= 0.6 is 11.8 Å². The molecule has 0 spiro atoms. The van der Waals surface area contributed by atoms with E-state index in [4.69, 9.17) is 9.72 Å². The molecule has 1 aliphatic carbocycles. The molecular formula is C25H23N3O3S. The number of anilines is 1. The maximum atomic E-state index is 13.3. The Labute approximate surface area is 190 Å². The summed E-state index contributed by atoms with van der Waals surface area (Å²) in [5.74, 6) is 1.54. The third-order valence-electron chi connectivity index (χ3n) is 5.88. The molecule has 0 unspecified atom stereocenters. The van der Waals surface area contributed by atoms with Gasteiger partial charge < -0.3 is 15.0 Å². The minimum Gasteiger partial charge on any atom is -0.497 e. The first kappa shape index (κ1) is 20.6. The number of nitrogens with one attached hydrogen (secondary N) is 2. The molecule has 7 heteroatoms. The highest BCUT2D eigenvalue weighted by Crippen LogP contribution is 2.44. The van der Waals surface area contributed by atoms with E-state index < -0.39 is 5.92 Å². The molecule has 0 bridgehead atoms. The van der Waals surface area contributed by atoms with E-state index in [1.165, 1.54) is 11.8 Å². The molecule has 0 saturated carbocycles. The quantitative estimate of drug-likeness (QED) is 0.440. The number of fused-ring (bicyclic) bond motifs is 1. The van der Waals surface area contributed by atoms with Crippen LogP contribution in [0.1, 0.15) is 41.9 Å². The van der Waals surface area contributed by atoms with Crippen LogP contribution in [0.3, 0.4) is 0 Å². The van der Waals surface area contributed by atoms with E-state index in [0.29, 0.717) is 40.0 Å².